The molecule has 142 valence electrons. The Balaban J connectivity index is 2.19. The van der Waals surface area contributed by atoms with Gasteiger partial charge in [0.2, 0.25) is 0 Å². The van der Waals surface area contributed by atoms with E-state index in [2.05, 4.69) is 5.32 Å². The Labute approximate surface area is 161 Å². The van der Waals surface area contributed by atoms with E-state index < -0.39 is 16.8 Å². The number of anilines is 1. The minimum absolute atomic E-state index is 0.0963. The third-order valence-electron chi connectivity index (χ3n) is 3.76. The summed E-state index contributed by atoms with van der Waals surface area (Å²) in [5.41, 5.74) is 1.25. The molecule has 0 atom stereocenters. The minimum Gasteiger partial charge on any atom is -0.462 e. The van der Waals surface area contributed by atoms with E-state index in [0.29, 0.717) is 22.4 Å². The molecule has 28 heavy (non-hydrogen) atoms. The zero-order chi connectivity index (χ0) is 20.7. The number of nitrogens with one attached hydrogen (secondary N) is 1. The lowest BCUT2D eigenvalue weighted by Gasteiger charge is -2.06. The van der Waals surface area contributed by atoms with E-state index >= 15 is 0 Å². The van der Waals surface area contributed by atoms with Crippen molar-refractivity contribution in [3.63, 3.8) is 0 Å². The summed E-state index contributed by atoms with van der Waals surface area (Å²) in [4.78, 5) is 34.5. The molecule has 1 N–H and O–H groups in total. The van der Waals surface area contributed by atoms with Crippen LogP contribution >= 0.6 is 0 Å². The van der Waals surface area contributed by atoms with Crippen LogP contribution in [0.3, 0.4) is 0 Å². The summed E-state index contributed by atoms with van der Waals surface area (Å²) in [5, 5.41) is 22.8. The van der Waals surface area contributed by atoms with Gasteiger partial charge in [-0.3, -0.25) is 14.9 Å². The first-order valence-corrected chi connectivity index (χ1v) is 8.31. The molecule has 0 radical (unpaired) electrons. The van der Waals surface area contributed by atoms with Gasteiger partial charge in [0.1, 0.15) is 11.6 Å². The van der Waals surface area contributed by atoms with Crippen molar-refractivity contribution in [2.75, 3.05) is 11.9 Å². The highest BCUT2D eigenvalue weighted by Gasteiger charge is 2.14. The van der Waals surface area contributed by atoms with Crippen LogP contribution in [0.2, 0.25) is 0 Å². The Bertz CT molecular complexity index is 988. The molecule has 0 spiro atoms. The van der Waals surface area contributed by atoms with Crippen molar-refractivity contribution in [2.24, 2.45) is 0 Å². The summed E-state index contributed by atoms with van der Waals surface area (Å²) in [6.45, 7) is 3.55. The predicted octanol–water partition coefficient (Wildman–Crippen LogP) is 3.63. The highest BCUT2D eigenvalue weighted by Crippen LogP contribution is 2.21. The molecule has 1 amide bonds. The van der Waals surface area contributed by atoms with E-state index in [9.17, 15) is 25.0 Å². The number of esters is 1. The molecular formula is C20H17N3O5. The molecule has 0 aliphatic rings. The average Bonchev–Trinajstić information content (AvgIpc) is 2.67. The Morgan fingerprint density at radius 2 is 1.93 bits per heavy atom. The Kier molecular flexibility index (Phi) is 6.60. The van der Waals surface area contributed by atoms with Gasteiger partial charge in [0, 0.05) is 17.3 Å². The molecule has 0 bridgehead atoms. The number of ether oxygens (including phenoxy) is 1. The van der Waals surface area contributed by atoms with Crippen molar-refractivity contribution in [3.05, 3.63) is 74.8 Å². The van der Waals surface area contributed by atoms with Crippen molar-refractivity contribution in [1.82, 2.24) is 0 Å². The number of benzene rings is 2. The zero-order valence-electron chi connectivity index (χ0n) is 15.3. The largest absolute Gasteiger partial charge is 0.462 e. The number of carbonyl (C=O) groups is 2. The summed E-state index contributed by atoms with van der Waals surface area (Å²) in [5.74, 6) is -1.14. The minimum atomic E-state index is -0.672. The number of rotatable bonds is 6. The van der Waals surface area contributed by atoms with Gasteiger partial charge in [-0.15, -0.1) is 0 Å². The highest BCUT2D eigenvalue weighted by atomic mass is 16.6. The van der Waals surface area contributed by atoms with Crippen molar-refractivity contribution in [1.29, 1.82) is 5.26 Å². The first kappa shape index (κ1) is 20.3. The molecule has 0 aliphatic carbocycles. The van der Waals surface area contributed by atoms with Crippen LogP contribution < -0.4 is 5.32 Å². The third-order valence-corrected chi connectivity index (χ3v) is 3.76. The van der Waals surface area contributed by atoms with E-state index in [4.69, 9.17) is 4.74 Å². The summed E-state index contributed by atoms with van der Waals surface area (Å²) in [6.07, 6.45) is 1.27. The lowest BCUT2D eigenvalue weighted by Crippen LogP contribution is -2.13. The molecular weight excluding hydrogens is 362 g/mol. The van der Waals surface area contributed by atoms with Crippen LogP contribution in [0.1, 0.15) is 28.4 Å². The molecule has 0 saturated heterocycles. The number of nitro benzene ring substituents is 1. The summed E-state index contributed by atoms with van der Waals surface area (Å²) in [6, 6.07) is 12.2. The molecule has 2 aromatic carbocycles. The Morgan fingerprint density at radius 1 is 1.25 bits per heavy atom. The van der Waals surface area contributed by atoms with Gasteiger partial charge in [-0.2, -0.15) is 5.26 Å². The Morgan fingerprint density at radius 3 is 2.50 bits per heavy atom. The summed E-state index contributed by atoms with van der Waals surface area (Å²) < 4.78 is 4.88. The van der Waals surface area contributed by atoms with Gasteiger partial charge in [-0.25, -0.2) is 4.79 Å². The van der Waals surface area contributed by atoms with Gasteiger partial charge in [0.05, 0.1) is 17.1 Å². The SMILES string of the molecule is CCOC(=O)c1ccc(NC(=O)/C(C#N)=C/c2ccc(C)c([N+](=O)[O-])c2)cc1. The molecule has 2 rings (SSSR count). The van der Waals surface area contributed by atoms with Gasteiger partial charge in [-0.1, -0.05) is 12.1 Å². The summed E-state index contributed by atoms with van der Waals surface area (Å²) >= 11 is 0. The van der Waals surface area contributed by atoms with Crippen LogP contribution in [0.5, 0.6) is 0 Å². The van der Waals surface area contributed by atoms with Crippen molar-refractivity contribution in [3.8, 4) is 6.07 Å². The maximum absolute atomic E-state index is 12.3. The number of hydrogen-bond acceptors (Lipinski definition) is 6. The van der Waals surface area contributed by atoms with Crippen molar-refractivity contribution in [2.45, 2.75) is 13.8 Å². The quantitative estimate of drug-likeness (QED) is 0.269. The maximum Gasteiger partial charge on any atom is 0.338 e. The maximum atomic E-state index is 12.3. The number of nitro groups is 1. The first-order chi connectivity index (χ1) is 13.3. The lowest BCUT2D eigenvalue weighted by atomic mass is 10.1. The number of carbonyl (C=O) groups excluding carboxylic acids is 2. The second-order valence-corrected chi connectivity index (χ2v) is 5.72. The van der Waals surface area contributed by atoms with Gasteiger partial charge in [0.25, 0.3) is 11.6 Å². The number of aryl methyl sites for hydroxylation is 1. The van der Waals surface area contributed by atoms with E-state index in [1.165, 1.54) is 36.4 Å². The summed E-state index contributed by atoms with van der Waals surface area (Å²) in [7, 11) is 0. The normalized spacial score (nSPS) is 10.7. The second kappa shape index (κ2) is 9.09. The van der Waals surface area contributed by atoms with Gasteiger partial charge >= 0.3 is 5.97 Å². The monoisotopic (exact) mass is 379 g/mol. The average molecular weight is 379 g/mol. The molecule has 2 aromatic rings. The molecule has 0 heterocycles. The second-order valence-electron chi connectivity index (χ2n) is 5.72. The molecule has 8 nitrogen and oxygen atoms in total. The highest BCUT2D eigenvalue weighted by molar-refractivity contribution is 6.09. The first-order valence-electron chi connectivity index (χ1n) is 8.31. The van der Waals surface area contributed by atoms with Crippen LogP contribution in [-0.4, -0.2) is 23.4 Å². The molecule has 0 fully saturated rings. The van der Waals surface area contributed by atoms with Crippen molar-refractivity contribution >= 4 is 29.3 Å². The topological polar surface area (TPSA) is 122 Å². The predicted molar refractivity (Wildman–Crippen MR) is 102 cm³/mol. The van der Waals surface area contributed by atoms with E-state index in [-0.39, 0.29) is 17.9 Å². The zero-order valence-corrected chi connectivity index (χ0v) is 15.3. The third kappa shape index (κ3) is 5.02. The molecule has 8 heteroatoms. The van der Waals surface area contributed by atoms with Gasteiger partial charge in [-0.05, 0) is 49.8 Å². The fourth-order valence-corrected chi connectivity index (χ4v) is 2.33. The lowest BCUT2D eigenvalue weighted by molar-refractivity contribution is -0.385. The van der Waals surface area contributed by atoms with Crippen molar-refractivity contribution < 1.29 is 19.2 Å². The van der Waals surface area contributed by atoms with Crippen LogP contribution in [-0.2, 0) is 9.53 Å². The fourth-order valence-electron chi connectivity index (χ4n) is 2.33. The van der Waals surface area contributed by atoms with Gasteiger partial charge < -0.3 is 10.1 Å². The van der Waals surface area contributed by atoms with Crippen LogP contribution in [0.25, 0.3) is 6.08 Å². The standard InChI is InChI=1S/C20H17N3O5/c1-3-28-20(25)15-6-8-17(9-7-15)22-19(24)16(12-21)10-14-5-4-13(2)18(11-14)23(26)27/h4-11H,3H2,1-2H3,(H,22,24)/b16-10+. The number of nitriles is 1. The molecule has 0 saturated carbocycles. The van der Waals surface area contributed by atoms with Gasteiger partial charge in [0.15, 0.2) is 0 Å². The van der Waals surface area contributed by atoms with Crippen LogP contribution in [0, 0.1) is 28.4 Å². The molecule has 0 aromatic heterocycles. The molecule has 0 unspecified atom stereocenters. The van der Waals surface area contributed by atoms with E-state index in [1.807, 2.05) is 0 Å². The number of hydrogen-bond donors (Lipinski definition) is 1. The fraction of sp³-hybridized carbons (Fsp3) is 0.150. The van der Waals surface area contributed by atoms with Crippen LogP contribution in [0.15, 0.2) is 48.0 Å². The number of amides is 1. The molecule has 0 aliphatic heterocycles. The van der Waals surface area contributed by atoms with Crippen LogP contribution in [0.4, 0.5) is 11.4 Å². The Hall–Kier alpha value is -3.99. The van der Waals surface area contributed by atoms with E-state index in [1.54, 1.807) is 32.0 Å². The smallest absolute Gasteiger partial charge is 0.338 e. The van der Waals surface area contributed by atoms with E-state index in [0.717, 1.165) is 0 Å². The number of nitrogens with zero attached hydrogens (tertiary/aromatic N) is 2.